The molecule has 1 heterocycles. The number of fused-ring (bicyclic) bond motifs is 1. The van der Waals surface area contributed by atoms with Crippen LogP contribution in [0.25, 0.3) is 10.9 Å². The summed E-state index contributed by atoms with van der Waals surface area (Å²) in [5.74, 6) is 0.108. The van der Waals surface area contributed by atoms with Crippen LogP contribution in [0.3, 0.4) is 0 Å². The summed E-state index contributed by atoms with van der Waals surface area (Å²) in [6.45, 7) is 0. The molecule has 0 spiro atoms. The minimum absolute atomic E-state index is 0. The summed E-state index contributed by atoms with van der Waals surface area (Å²) in [6.07, 6.45) is 5.67. The first-order valence-electron chi connectivity index (χ1n) is 6.49. The monoisotopic (exact) mass is 278 g/mol. The Kier molecular flexibility index (Phi) is 3.70. The number of benzene rings is 1. The van der Waals surface area contributed by atoms with Crippen LogP contribution in [-0.4, -0.2) is 15.9 Å². The number of hydrogen-bond acceptors (Lipinski definition) is 2. The summed E-state index contributed by atoms with van der Waals surface area (Å²) in [7, 11) is 1.97. The number of carbonyl (C=O) groups is 1. The smallest absolute Gasteiger partial charge is 0.184 e. The van der Waals surface area contributed by atoms with Crippen molar-refractivity contribution < 1.29 is 4.79 Å². The van der Waals surface area contributed by atoms with E-state index in [0.29, 0.717) is 0 Å². The van der Waals surface area contributed by atoms with Gasteiger partial charge >= 0.3 is 0 Å². The highest BCUT2D eigenvalue weighted by Gasteiger charge is 2.38. The number of aryl methyl sites for hydroxylation is 1. The van der Waals surface area contributed by atoms with Gasteiger partial charge in [-0.05, 0) is 18.9 Å². The largest absolute Gasteiger partial charge is 0.350 e. The van der Waals surface area contributed by atoms with Crippen molar-refractivity contribution in [2.45, 2.75) is 31.2 Å². The molecule has 19 heavy (non-hydrogen) atoms. The summed E-state index contributed by atoms with van der Waals surface area (Å²) >= 11 is 0. The van der Waals surface area contributed by atoms with E-state index >= 15 is 0 Å². The quantitative estimate of drug-likeness (QED) is 0.859. The van der Waals surface area contributed by atoms with Crippen LogP contribution in [0.4, 0.5) is 0 Å². The van der Waals surface area contributed by atoms with Crippen molar-refractivity contribution in [2.75, 3.05) is 0 Å². The summed E-state index contributed by atoms with van der Waals surface area (Å²) < 4.78 is 2.00. The Labute approximate surface area is 119 Å². The minimum atomic E-state index is -0.635. The Morgan fingerprint density at radius 2 is 1.89 bits per heavy atom. The lowest BCUT2D eigenvalue weighted by molar-refractivity contribution is 0.0893. The third-order valence-corrected chi connectivity index (χ3v) is 4.09. The highest BCUT2D eigenvalue weighted by atomic mass is 35.5. The normalized spacial score (nSPS) is 17.4. The Bertz CT molecular complexity index is 612. The van der Waals surface area contributed by atoms with Gasteiger partial charge in [0.15, 0.2) is 5.78 Å². The highest BCUT2D eigenvalue weighted by Crippen LogP contribution is 2.33. The molecule has 4 heteroatoms. The van der Waals surface area contributed by atoms with Crippen LogP contribution in [0.2, 0.25) is 0 Å². The Balaban J connectivity index is 0.00000133. The summed E-state index contributed by atoms with van der Waals surface area (Å²) in [4.78, 5) is 12.7. The van der Waals surface area contributed by atoms with Gasteiger partial charge in [0.2, 0.25) is 0 Å². The number of nitrogens with zero attached hydrogens (tertiary/aromatic N) is 1. The van der Waals surface area contributed by atoms with Gasteiger partial charge in [-0.3, -0.25) is 4.79 Å². The predicted molar refractivity (Wildman–Crippen MR) is 79.9 cm³/mol. The van der Waals surface area contributed by atoms with Crippen molar-refractivity contribution in [3.63, 3.8) is 0 Å². The number of halogens is 1. The Morgan fingerprint density at radius 1 is 1.26 bits per heavy atom. The standard InChI is InChI=1S/C15H18N2O.ClH/c1-17-10-12(11-6-2-3-7-13(11)17)14(18)15(16)8-4-5-9-15;/h2-3,6-7,10H,4-5,8-9,16H2,1H3;1H. The number of rotatable bonds is 2. The van der Waals surface area contributed by atoms with Gasteiger partial charge in [-0.25, -0.2) is 0 Å². The molecule has 3 nitrogen and oxygen atoms in total. The lowest BCUT2D eigenvalue weighted by Gasteiger charge is -2.21. The van der Waals surface area contributed by atoms with E-state index in [9.17, 15) is 4.79 Å². The fourth-order valence-electron chi connectivity index (χ4n) is 3.02. The molecule has 3 rings (SSSR count). The molecule has 0 unspecified atom stereocenters. The van der Waals surface area contributed by atoms with Crippen molar-refractivity contribution >= 4 is 29.1 Å². The molecule has 0 atom stereocenters. The molecule has 102 valence electrons. The van der Waals surface area contributed by atoms with Crippen molar-refractivity contribution in [1.82, 2.24) is 4.57 Å². The van der Waals surface area contributed by atoms with Crippen molar-refractivity contribution in [3.05, 3.63) is 36.0 Å². The lowest BCUT2D eigenvalue weighted by atomic mass is 9.88. The van der Waals surface area contributed by atoms with Crippen LogP contribution in [0.15, 0.2) is 30.5 Å². The van der Waals surface area contributed by atoms with E-state index in [1.165, 1.54) is 0 Å². The zero-order chi connectivity index (χ0) is 12.8. The molecular formula is C15H19ClN2O. The van der Waals surface area contributed by atoms with Gasteiger partial charge in [-0.1, -0.05) is 31.0 Å². The molecule has 0 saturated heterocycles. The second-order valence-corrected chi connectivity index (χ2v) is 5.36. The van der Waals surface area contributed by atoms with E-state index in [2.05, 4.69) is 0 Å². The number of nitrogens with two attached hydrogens (primary N) is 1. The first kappa shape index (κ1) is 14.1. The van der Waals surface area contributed by atoms with Crippen LogP contribution in [0, 0.1) is 0 Å². The predicted octanol–water partition coefficient (Wildman–Crippen LogP) is 3.05. The summed E-state index contributed by atoms with van der Waals surface area (Å²) in [6, 6.07) is 7.99. The molecule has 1 aliphatic rings. The third-order valence-electron chi connectivity index (χ3n) is 4.09. The number of aromatic nitrogens is 1. The molecule has 0 bridgehead atoms. The molecule has 1 saturated carbocycles. The molecular weight excluding hydrogens is 260 g/mol. The van der Waals surface area contributed by atoms with Gasteiger partial charge in [0.05, 0.1) is 5.54 Å². The molecule has 1 aliphatic carbocycles. The first-order chi connectivity index (χ1) is 8.62. The second kappa shape index (κ2) is 4.99. The van der Waals surface area contributed by atoms with Crippen molar-refractivity contribution in [2.24, 2.45) is 12.8 Å². The fourth-order valence-corrected chi connectivity index (χ4v) is 3.02. The van der Waals surface area contributed by atoms with Crippen LogP contribution in [-0.2, 0) is 7.05 Å². The maximum Gasteiger partial charge on any atom is 0.184 e. The number of Topliss-reactive ketones (excluding diaryl/α,β-unsaturated/α-hetero) is 1. The zero-order valence-corrected chi connectivity index (χ0v) is 11.9. The maximum absolute atomic E-state index is 12.7. The van der Waals surface area contributed by atoms with E-state index < -0.39 is 5.54 Å². The van der Waals surface area contributed by atoms with Gasteiger partial charge in [0, 0.05) is 29.7 Å². The number of ketones is 1. The first-order valence-corrected chi connectivity index (χ1v) is 6.49. The van der Waals surface area contributed by atoms with E-state index in [1.807, 2.05) is 42.1 Å². The molecule has 2 aromatic rings. The number of carbonyl (C=O) groups excluding carboxylic acids is 1. The zero-order valence-electron chi connectivity index (χ0n) is 11.1. The lowest BCUT2D eigenvalue weighted by Crippen LogP contribution is -2.45. The number of para-hydroxylation sites is 1. The van der Waals surface area contributed by atoms with Crippen LogP contribution < -0.4 is 5.73 Å². The SMILES string of the molecule is Cl.Cn1cc(C(=O)C2(N)CCCC2)c2ccccc21. The molecule has 0 aliphatic heterocycles. The minimum Gasteiger partial charge on any atom is -0.350 e. The Hall–Kier alpha value is -1.32. The summed E-state index contributed by atoms with van der Waals surface area (Å²) in [5, 5.41) is 1.02. The van der Waals surface area contributed by atoms with Gasteiger partial charge in [0.1, 0.15) is 0 Å². The average molecular weight is 279 g/mol. The van der Waals surface area contributed by atoms with E-state index in [0.717, 1.165) is 42.1 Å². The van der Waals surface area contributed by atoms with Gasteiger partial charge in [-0.15, -0.1) is 12.4 Å². The third kappa shape index (κ3) is 2.17. The fraction of sp³-hybridized carbons (Fsp3) is 0.400. The maximum atomic E-state index is 12.7. The van der Waals surface area contributed by atoms with Gasteiger partial charge < -0.3 is 10.3 Å². The van der Waals surface area contributed by atoms with Crippen molar-refractivity contribution in [1.29, 1.82) is 0 Å². The Morgan fingerprint density at radius 3 is 2.58 bits per heavy atom. The highest BCUT2D eigenvalue weighted by molar-refractivity contribution is 6.12. The van der Waals surface area contributed by atoms with Crippen LogP contribution in [0.1, 0.15) is 36.0 Å². The van der Waals surface area contributed by atoms with E-state index in [1.54, 1.807) is 0 Å². The van der Waals surface area contributed by atoms with Crippen molar-refractivity contribution in [3.8, 4) is 0 Å². The molecule has 1 aromatic heterocycles. The van der Waals surface area contributed by atoms with Crippen LogP contribution in [0.5, 0.6) is 0 Å². The molecule has 2 N–H and O–H groups in total. The van der Waals surface area contributed by atoms with E-state index in [4.69, 9.17) is 5.73 Å². The van der Waals surface area contributed by atoms with Gasteiger partial charge in [-0.2, -0.15) is 0 Å². The second-order valence-electron chi connectivity index (χ2n) is 5.36. The van der Waals surface area contributed by atoms with Crippen LogP contribution >= 0.6 is 12.4 Å². The average Bonchev–Trinajstić information content (AvgIpc) is 2.95. The topological polar surface area (TPSA) is 48.0 Å². The summed E-state index contributed by atoms with van der Waals surface area (Å²) in [5.41, 5.74) is 7.50. The molecule has 1 fully saturated rings. The van der Waals surface area contributed by atoms with E-state index in [-0.39, 0.29) is 18.2 Å². The number of hydrogen-bond donors (Lipinski definition) is 1. The molecule has 0 amide bonds. The van der Waals surface area contributed by atoms with Gasteiger partial charge in [0.25, 0.3) is 0 Å². The molecule has 0 radical (unpaired) electrons. The molecule has 1 aromatic carbocycles.